The van der Waals surface area contributed by atoms with Crippen molar-refractivity contribution in [1.29, 1.82) is 0 Å². The van der Waals surface area contributed by atoms with Crippen LogP contribution in [0.1, 0.15) is 37.0 Å². The summed E-state index contributed by atoms with van der Waals surface area (Å²) in [5.74, 6) is 0.147. The maximum atomic E-state index is 12.7. The topological polar surface area (TPSA) is 107 Å². The number of hydrogen-bond donors (Lipinski definition) is 2. The monoisotopic (exact) mass is 408 g/mol. The molecule has 2 aliphatic heterocycles. The Labute approximate surface area is 169 Å². The summed E-state index contributed by atoms with van der Waals surface area (Å²) in [7, 11) is 1.53. The van der Waals surface area contributed by atoms with Gasteiger partial charge in [-0.05, 0) is 38.8 Å². The van der Waals surface area contributed by atoms with Crippen molar-refractivity contribution in [3.8, 4) is 11.5 Å². The van der Waals surface area contributed by atoms with E-state index in [9.17, 15) is 9.59 Å². The third-order valence-electron chi connectivity index (χ3n) is 4.98. The Morgan fingerprint density at radius 3 is 2.52 bits per heavy atom. The molecule has 9 nitrogen and oxygen atoms in total. The lowest BCUT2D eigenvalue weighted by Crippen LogP contribution is -2.46. The van der Waals surface area contributed by atoms with Gasteiger partial charge in [0.15, 0.2) is 5.79 Å². The Hall–Kier alpha value is -2.52. The first-order valence-corrected chi connectivity index (χ1v) is 9.68. The predicted molar refractivity (Wildman–Crippen MR) is 103 cm³/mol. The lowest BCUT2D eigenvalue weighted by atomic mass is 10.0. The number of benzene rings is 1. The second-order valence-corrected chi connectivity index (χ2v) is 7.68. The Kier molecular flexibility index (Phi) is 6.49. The number of likely N-dealkylation sites (tertiary alicyclic amines) is 1. The van der Waals surface area contributed by atoms with Gasteiger partial charge in [0.25, 0.3) is 5.91 Å². The maximum Gasteiger partial charge on any atom is 0.407 e. The van der Waals surface area contributed by atoms with E-state index in [2.05, 4.69) is 5.32 Å². The highest BCUT2D eigenvalue weighted by atomic mass is 16.7. The summed E-state index contributed by atoms with van der Waals surface area (Å²) < 4.78 is 22.4. The molecular weight excluding hydrogens is 380 g/mol. The fourth-order valence-electron chi connectivity index (χ4n) is 3.42. The molecule has 9 heteroatoms. The van der Waals surface area contributed by atoms with E-state index in [1.54, 1.807) is 18.2 Å². The first-order valence-electron chi connectivity index (χ1n) is 9.68. The van der Waals surface area contributed by atoms with Crippen LogP contribution in [-0.2, 0) is 9.47 Å². The minimum atomic E-state index is -0.926. The molecule has 2 aliphatic rings. The Morgan fingerprint density at radius 2 is 1.93 bits per heavy atom. The van der Waals surface area contributed by atoms with Crippen molar-refractivity contribution in [1.82, 2.24) is 10.2 Å². The molecule has 0 bridgehead atoms. The second-order valence-electron chi connectivity index (χ2n) is 7.68. The van der Waals surface area contributed by atoms with Crippen molar-refractivity contribution in [3.63, 3.8) is 0 Å². The Bertz CT molecular complexity index is 744. The Morgan fingerprint density at radius 1 is 1.24 bits per heavy atom. The minimum Gasteiger partial charge on any atom is -0.497 e. The van der Waals surface area contributed by atoms with E-state index in [0.29, 0.717) is 56.2 Å². The number of piperidine rings is 1. The van der Waals surface area contributed by atoms with E-state index in [4.69, 9.17) is 24.1 Å². The van der Waals surface area contributed by atoms with Crippen molar-refractivity contribution in [2.75, 3.05) is 33.4 Å². The lowest BCUT2D eigenvalue weighted by molar-refractivity contribution is -0.141. The summed E-state index contributed by atoms with van der Waals surface area (Å²) in [5, 5.41) is 12.0. The summed E-state index contributed by atoms with van der Waals surface area (Å²) in [5.41, 5.74) is 0.420. The average Bonchev–Trinajstić information content (AvgIpc) is 3.05. The maximum absolute atomic E-state index is 12.7. The van der Waals surface area contributed by atoms with Crippen LogP contribution in [0.5, 0.6) is 11.5 Å². The van der Waals surface area contributed by atoms with Crippen molar-refractivity contribution in [2.45, 2.75) is 44.6 Å². The summed E-state index contributed by atoms with van der Waals surface area (Å²) in [6, 6.07) is 4.95. The van der Waals surface area contributed by atoms with Gasteiger partial charge in [0.1, 0.15) is 24.2 Å². The molecule has 160 valence electrons. The van der Waals surface area contributed by atoms with Gasteiger partial charge >= 0.3 is 6.09 Å². The van der Waals surface area contributed by atoms with E-state index in [0.717, 1.165) is 0 Å². The first-order chi connectivity index (χ1) is 13.8. The van der Waals surface area contributed by atoms with Gasteiger partial charge in [-0.3, -0.25) is 4.79 Å². The predicted octanol–water partition coefficient (Wildman–Crippen LogP) is 2.10. The van der Waals surface area contributed by atoms with Crippen molar-refractivity contribution in [2.24, 2.45) is 0 Å². The van der Waals surface area contributed by atoms with Crippen LogP contribution in [-0.4, -0.2) is 73.4 Å². The second kappa shape index (κ2) is 8.87. The molecule has 0 aliphatic carbocycles. The Balaban J connectivity index is 1.59. The van der Waals surface area contributed by atoms with Gasteiger partial charge in [0.2, 0.25) is 0 Å². The molecule has 0 spiro atoms. The largest absolute Gasteiger partial charge is 0.497 e. The quantitative estimate of drug-likeness (QED) is 0.742. The van der Waals surface area contributed by atoms with Crippen LogP contribution >= 0.6 is 0 Å². The molecule has 29 heavy (non-hydrogen) atoms. The highest BCUT2D eigenvalue weighted by Gasteiger charge is 2.33. The van der Waals surface area contributed by atoms with Crippen molar-refractivity contribution in [3.05, 3.63) is 23.8 Å². The molecule has 2 heterocycles. The summed E-state index contributed by atoms with van der Waals surface area (Å²) >= 11 is 0. The number of nitrogens with one attached hydrogen (secondary N) is 1. The SMILES string of the molecule is COc1cc(OCC2COC(C)(C)O2)cc(C(=O)NC2CCN(C(=O)O)CC2)c1. The zero-order valence-corrected chi connectivity index (χ0v) is 17.0. The zero-order chi connectivity index (χ0) is 21.0. The van der Waals surface area contributed by atoms with Gasteiger partial charge in [0.05, 0.1) is 13.7 Å². The van der Waals surface area contributed by atoms with Crippen molar-refractivity contribution >= 4 is 12.0 Å². The third kappa shape index (κ3) is 5.74. The number of amides is 2. The molecule has 0 aromatic heterocycles. The summed E-state index contributed by atoms with van der Waals surface area (Å²) in [6.07, 6.45) is 0.0534. The molecule has 0 radical (unpaired) electrons. The fraction of sp³-hybridized carbons (Fsp3) is 0.600. The van der Waals surface area contributed by atoms with E-state index in [-0.39, 0.29) is 18.1 Å². The third-order valence-corrected chi connectivity index (χ3v) is 4.98. The van der Waals surface area contributed by atoms with E-state index in [1.165, 1.54) is 12.0 Å². The first kappa shape index (κ1) is 21.2. The average molecular weight is 408 g/mol. The van der Waals surface area contributed by atoms with Gasteiger partial charge in [-0.1, -0.05) is 0 Å². The molecule has 3 rings (SSSR count). The fourth-order valence-corrected chi connectivity index (χ4v) is 3.42. The molecular formula is C20H28N2O7. The van der Waals surface area contributed by atoms with Gasteiger partial charge in [0, 0.05) is 30.8 Å². The highest BCUT2D eigenvalue weighted by molar-refractivity contribution is 5.95. The van der Waals surface area contributed by atoms with Gasteiger partial charge < -0.3 is 34.3 Å². The van der Waals surface area contributed by atoms with Gasteiger partial charge in [-0.25, -0.2) is 4.79 Å². The normalized spacial score (nSPS) is 21.6. The molecule has 1 aromatic carbocycles. The molecule has 0 saturated carbocycles. The van der Waals surface area contributed by atoms with E-state index in [1.807, 2.05) is 13.8 Å². The number of methoxy groups -OCH3 is 1. The van der Waals surface area contributed by atoms with E-state index >= 15 is 0 Å². The highest BCUT2D eigenvalue weighted by Crippen LogP contribution is 2.26. The van der Waals surface area contributed by atoms with Crippen molar-refractivity contribution < 1.29 is 33.6 Å². The minimum absolute atomic E-state index is 0.0695. The van der Waals surface area contributed by atoms with Crippen LogP contribution in [0.25, 0.3) is 0 Å². The molecule has 2 N–H and O–H groups in total. The molecule has 2 saturated heterocycles. The van der Waals surface area contributed by atoms with Crippen LogP contribution in [0, 0.1) is 0 Å². The number of carbonyl (C=O) groups excluding carboxylic acids is 1. The molecule has 1 unspecified atom stereocenters. The number of hydrogen-bond acceptors (Lipinski definition) is 6. The number of carbonyl (C=O) groups is 2. The number of rotatable bonds is 6. The van der Waals surface area contributed by atoms with Crippen LogP contribution in [0.4, 0.5) is 4.79 Å². The van der Waals surface area contributed by atoms with Gasteiger partial charge in [-0.2, -0.15) is 0 Å². The summed E-state index contributed by atoms with van der Waals surface area (Å²) in [4.78, 5) is 25.1. The van der Waals surface area contributed by atoms with Crippen LogP contribution in [0.2, 0.25) is 0 Å². The molecule has 2 fully saturated rings. The number of ether oxygens (including phenoxy) is 4. The van der Waals surface area contributed by atoms with Crippen LogP contribution in [0.15, 0.2) is 18.2 Å². The zero-order valence-electron chi connectivity index (χ0n) is 17.0. The standard InChI is InChI=1S/C20H28N2O7/c1-20(2)28-12-17(29-20)11-27-16-9-13(8-15(10-16)26-3)18(23)21-14-4-6-22(7-5-14)19(24)25/h8-10,14,17H,4-7,11-12H2,1-3H3,(H,21,23)(H,24,25). The van der Waals surface area contributed by atoms with E-state index < -0.39 is 11.9 Å². The lowest BCUT2D eigenvalue weighted by Gasteiger charge is -2.30. The molecule has 1 aromatic rings. The molecule has 1 atom stereocenters. The molecule has 2 amide bonds. The number of carboxylic acid groups (broad SMARTS) is 1. The van der Waals surface area contributed by atoms with Gasteiger partial charge in [-0.15, -0.1) is 0 Å². The summed E-state index contributed by atoms with van der Waals surface area (Å²) in [6.45, 7) is 5.26. The van der Waals surface area contributed by atoms with Crippen LogP contribution < -0.4 is 14.8 Å². The smallest absolute Gasteiger partial charge is 0.407 e. The van der Waals surface area contributed by atoms with Crippen LogP contribution in [0.3, 0.4) is 0 Å². The number of nitrogens with zero attached hydrogens (tertiary/aromatic N) is 1.